The number of carbonyl (C=O) groups is 1. The molecule has 0 heterocycles. The summed E-state index contributed by atoms with van der Waals surface area (Å²) in [5, 5.41) is 0. The minimum Gasteiger partial charge on any atom is -0.369 e. The van der Waals surface area contributed by atoms with Crippen LogP contribution in [0.25, 0.3) is 0 Å². The smallest absolute Gasteiger partial charge is 0.223 e. The highest BCUT2D eigenvalue weighted by molar-refractivity contribution is 5.80. The van der Waals surface area contributed by atoms with Gasteiger partial charge in [0, 0.05) is 5.41 Å². The summed E-state index contributed by atoms with van der Waals surface area (Å²) in [6.07, 6.45) is 3.45. The molecule has 0 aliphatic carbocycles. The SMILES string of the molecule is CCCCC(C)C(C)(C)C(N)=O. The predicted molar refractivity (Wildman–Crippen MR) is 51.7 cm³/mol. The second-order valence-corrected chi connectivity index (χ2v) is 4.13. The van der Waals surface area contributed by atoms with Crippen LogP contribution in [0.15, 0.2) is 0 Å². The first-order chi connectivity index (χ1) is 5.42. The van der Waals surface area contributed by atoms with Crippen molar-refractivity contribution in [3.63, 3.8) is 0 Å². The zero-order chi connectivity index (χ0) is 9.78. The molecule has 0 radical (unpaired) electrons. The molecule has 72 valence electrons. The predicted octanol–water partition coefficient (Wildman–Crippen LogP) is 2.32. The molecule has 2 nitrogen and oxygen atoms in total. The van der Waals surface area contributed by atoms with Crippen molar-refractivity contribution in [2.24, 2.45) is 17.1 Å². The molecule has 0 bridgehead atoms. The van der Waals surface area contributed by atoms with Crippen LogP contribution >= 0.6 is 0 Å². The van der Waals surface area contributed by atoms with Crippen LogP contribution in [-0.2, 0) is 4.79 Å². The van der Waals surface area contributed by atoms with Crippen LogP contribution in [0.2, 0.25) is 0 Å². The van der Waals surface area contributed by atoms with E-state index in [4.69, 9.17) is 5.73 Å². The van der Waals surface area contributed by atoms with Crippen molar-refractivity contribution in [2.75, 3.05) is 0 Å². The van der Waals surface area contributed by atoms with Gasteiger partial charge in [-0.1, -0.05) is 40.5 Å². The first-order valence-corrected chi connectivity index (χ1v) is 4.72. The van der Waals surface area contributed by atoms with Gasteiger partial charge in [-0.05, 0) is 12.3 Å². The normalized spacial score (nSPS) is 14.3. The van der Waals surface area contributed by atoms with Crippen molar-refractivity contribution in [3.05, 3.63) is 0 Å². The van der Waals surface area contributed by atoms with Crippen LogP contribution in [0.5, 0.6) is 0 Å². The third kappa shape index (κ3) is 2.84. The lowest BCUT2D eigenvalue weighted by molar-refractivity contribution is -0.128. The van der Waals surface area contributed by atoms with E-state index in [1.54, 1.807) is 0 Å². The first-order valence-electron chi connectivity index (χ1n) is 4.72. The molecule has 0 fully saturated rings. The highest BCUT2D eigenvalue weighted by Gasteiger charge is 2.30. The Morgan fingerprint density at radius 1 is 1.50 bits per heavy atom. The van der Waals surface area contributed by atoms with E-state index in [9.17, 15) is 4.79 Å². The van der Waals surface area contributed by atoms with E-state index in [0.29, 0.717) is 5.92 Å². The van der Waals surface area contributed by atoms with Crippen molar-refractivity contribution in [1.29, 1.82) is 0 Å². The van der Waals surface area contributed by atoms with Crippen LogP contribution in [0.1, 0.15) is 47.0 Å². The maximum atomic E-state index is 11.0. The molecular formula is C10H21NO. The zero-order valence-corrected chi connectivity index (χ0v) is 8.68. The summed E-state index contributed by atoms with van der Waals surface area (Å²) in [6.45, 7) is 8.11. The fourth-order valence-electron chi connectivity index (χ4n) is 1.11. The number of unbranched alkanes of at least 4 members (excludes halogenated alkanes) is 1. The van der Waals surface area contributed by atoms with Gasteiger partial charge in [-0.3, -0.25) is 4.79 Å². The van der Waals surface area contributed by atoms with Crippen molar-refractivity contribution >= 4 is 5.91 Å². The second kappa shape index (κ2) is 4.48. The van der Waals surface area contributed by atoms with Crippen molar-refractivity contribution < 1.29 is 4.79 Å². The maximum Gasteiger partial charge on any atom is 0.223 e. The molecule has 0 aromatic rings. The molecule has 0 rings (SSSR count). The summed E-state index contributed by atoms with van der Waals surface area (Å²) in [5.41, 5.74) is 4.95. The van der Waals surface area contributed by atoms with Crippen LogP contribution < -0.4 is 5.73 Å². The van der Waals surface area contributed by atoms with Gasteiger partial charge in [0.1, 0.15) is 0 Å². The monoisotopic (exact) mass is 171 g/mol. The van der Waals surface area contributed by atoms with E-state index in [2.05, 4.69) is 13.8 Å². The van der Waals surface area contributed by atoms with Gasteiger partial charge >= 0.3 is 0 Å². The summed E-state index contributed by atoms with van der Waals surface area (Å²) in [7, 11) is 0. The molecule has 2 heteroatoms. The van der Waals surface area contributed by atoms with Crippen LogP contribution in [-0.4, -0.2) is 5.91 Å². The topological polar surface area (TPSA) is 43.1 Å². The van der Waals surface area contributed by atoms with Gasteiger partial charge in [0.2, 0.25) is 5.91 Å². The Kier molecular flexibility index (Phi) is 4.29. The molecule has 12 heavy (non-hydrogen) atoms. The molecule has 0 aromatic carbocycles. The van der Waals surface area contributed by atoms with Crippen molar-refractivity contribution in [3.8, 4) is 0 Å². The summed E-state index contributed by atoms with van der Waals surface area (Å²) in [6, 6.07) is 0. The molecule has 1 amide bonds. The number of carbonyl (C=O) groups excluding carboxylic acids is 1. The quantitative estimate of drug-likeness (QED) is 0.677. The highest BCUT2D eigenvalue weighted by Crippen LogP contribution is 2.29. The number of hydrogen-bond acceptors (Lipinski definition) is 1. The standard InChI is InChI=1S/C10H21NO/c1-5-6-7-8(2)10(3,4)9(11)12/h8H,5-7H2,1-4H3,(H2,11,12). The Bertz CT molecular complexity index is 152. The Labute approximate surface area is 75.5 Å². The second-order valence-electron chi connectivity index (χ2n) is 4.13. The summed E-state index contributed by atoms with van der Waals surface area (Å²) < 4.78 is 0. The number of nitrogens with two attached hydrogens (primary N) is 1. The first kappa shape index (κ1) is 11.5. The van der Waals surface area contributed by atoms with Crippen LogP contribution in [0.4, 0.5) is 0 Å². The van der Waals surface area contributed by atoms with Crippen LogP contribution in [0, 0.1) is 11.3 Å². The van der Waals surface area contributed by atoms with E-state index >= 15 is 0 Å². The summed E-state index contributed by atoms with van der Waals surface area (Å²) in [5.74, 6) is 0.195. The van der Waals surface area contributed by atoms with Crippen LogP contribution in [0.3, 0.4) is 0 Å². The van der Waals surface area contributed by atoms with E-state index < -0.39 is 0 Å². The highest BCUT2D eigenvalue weighted by atomic mass is 16.1. The molecular weight excluding hydrogens is 150 g/mol. The average Bonchev–Trinajstić information content (AvgIpc) is 1.99. The van der Waals surface area contributed by atoms with Gasteiger partial charge in [-0.2, -0.15) is 0 Å². The molecule has 0 saturated heterocycles. The molecule has 0 spiro atoms. The largest absolute Gasteiger partial charge is 0.369 e. The molecule has 2 N–H and O–H groups in total. The van der Waals surface area contributed by atoms with Gasteiger partial charge in [0.15, 0.2) is 0 Å². The Morgan fingerprint density at radius 2 is 2.00 bits per heavy atom. The lowest BCUT2D eigenvalue weighted by atomic mass is 9.77. The molecule has 0 saturated carbocycles. The third-order valence-corrected chi connectivity index (χ3v) is 2.86. The van der Waals surface area contributed by atoms with Crippen molar-refractivity contribution in [2.45, 2.75) is 47.0 Å². The molecule has 0 aromatic heterocycles. The maximum absolute atomic E-state index is 11.0. The molecule has 0 aliphatic rings. The van der Waals surface area contributed by atoms with Gasteiger partial charge in [-0.15, -0.1) is 0 Å². The zero-order valence-electron chi connectivity index (χ0n) is 8.68. The number of rotatable bonds is 5. The lowest BCUT2D eigenvalue weighted by Gasteiger charge is -2.28. The van der Waals surface area contributed by atoms with Gasteiger partial charge < -0.3 is 5.73 Å². The number of hydrogen-bond donors (Lipinski definition) is 1. The van der Waals surface area contributed by atoms with E-state index in [0.717, 1.165) is 6.42 Å². The third-order valence-electron chi connectivity index (χ3n) is 2.86. The molecule has 1 unspecified atom stereocenters. The average molecular weight is 171 g/mol. The van der Waals surface area contributed by atoms with Crippen molar-refractivity contribution in [1.82, 2.24) is 0 Å². The molecule has 0 aliphatic heterocycles. The Morgan fingerprint density at radius 3 is 2.33 bits per heavy atom. The van der Waals surface area contributed by atoms with Gasteiger partial charge in [0.25, 0.3) is 0 Å². The Balaban J connectivity index is 4.06. The molecule has 1 atom stereocenters. The summed E-state index contributed by atoms with van der Waals surface area (Å²) >= 11 is 0. The minimum absolute atomic E-state index is 0.189. The lowest BCUT2D eigenvalue weighted by Crippen LogP contribution is -2.37. The fraction of sp³-hybridized carbons (Fsp3) is 0.900. The van der Waals surface area contributed by atoms with Gasteiger partial charge in [-0.25, -0.2) is 0 Å². The van der Waals surface area contributed by atoms with E-state index in [-0.39, 0.29) is 11.3 Å². The number of primary amides is 1. The fourth-order valence-corrected chi connectivity index (χ4v) is 1.11. The minimum atomic E-state index is -0.352. The summed E-state index contributed by atoms with van der Waals surface area (Å²) in [4.78, 5) is 11.0. The number of amides is 1. The van der Waals surface area contributed by atoms with Gasteiger partial charge in [0.05, 0.1) is 0 Å². The van der Waals surface area contributed by atoms with E-state index in [1.165, 1.54) is 12.8 Å². The Hall–Kier alpha value is -0.530. The van der Waals surface area contributed by atoms with E-state index in [1.807, 2.05) is 13.8 Å².